The van der Waals surface area contributed by atoms with Gasteiger partial charge in [-0.25, -0.2) is 0 Å². The average molecular weight is 464 g/mol. The van der Waals surface area contributed by atoms with E-state index in [0.717, 1.165) is 5.56 Å². The van der Waals surface area contributed by atoms with Crippen molar-refractivity contribution in [2.24, 2.45) is 0 Å². The van der Waals surface area contributed by atoms with Crippen LogP contribution in [0.4, 0.5) is 11.4 Å². The maximum atomic E-state index is 13.4. The van der Waals surface area contributed by atoms with Gasteiger partial charge in [0.25, 0.3) is 5.91 Å². The van der Waals surface area contributed by atoms with Crippen LogP contribution in [-0.2, 0) is 16.0 Å². The van der Waals surface area contributed by atoms with Gasteiger partial charge in [-0.2, -0.15) is 0 Å². The van der Waals surface area contributed by atoms with Gasteiger partial charge in [-0.3, -0.25) is 14.5 Å². The molecule has 7 heteroatoms. The smallest absolute Gasteiger partial charge is 0.256 e. The molecule has 1 atom stereocenters. The molecule has 1 saturated heterocycles. The van der Waals surface area contributed by atoms with Gasteiger partial charge >= 0.3 is 0 Å². The molecule has 0 spiro atoms. The summed E-state index contributed by atoms with van der Waals surface area (Å²) in [7, 11) is 0. The van der Waals surface area contributed by atoms with Gasteiger partial charge in [-0.15, -0.1) is 0 Å². The lowest BCUT2D eigenvalue weighted by Crippen LogP contribution is -2.39. The lowest BCUT2D eigenvalue weighted by Gasteiger charge is -2.24. The molecule has 0 radical (unpaired) electrons. The molecule has 5 nitrogen and oxygen atoms in total. The fourth-order valence-corrected chi connectivity index (χ4v) is 4.34. The Kier molecular flexibility index (Phi) is 6.83. The zero-order valence-corrected chi connectivity index (χ0v) is 18.9. The number of hydrogen-bond acceptors (Lipinski definition) is 3. The number of rotatable bonds is 7. The van der Waals surface area contributed by atoms with Gasteiger partial charge in [0, 0.05) is 17.3 Å². The molecule has 0 aromatic heterocycles. The standard InChI is InChI=1S/C25H22ClN3O2S/c26-19-10-7-13-21(16-19)29-24(31)22(17-23(30)27-20-11-5-2-6-12-20)28(25(29)32)15-14-18-8-3-1-4-9-18/h1-13,16,22H,14-15,17H2,(H,27,30). The molecule has 3 aromatic rings. The van der Waals surface area contributed by atoms with E-state index < -0.39 is 6.04 Å². The molecule has 2 amide bonds. The van der Waals surface area contributed by atoms with Crippen molar-refractivity contribution >= 4 is 52.1 Å². The highest BCUT2D eigenvalue weighted by atomic mass is 35.5. The quantitative estimate of drug-likeness (QED) is 0.505. The molecule has 1 heterocycles. The summed E-state index contributed by atoms with van der Waals surface area (Å²) in [4.78, 5) is 29.5. The van der Waals surface area contributed by atoms with Crippen LogP contribution in [-0.4, -0.2) is 34.4 Å². The number of nitrogens with one attached hydrogen (secondary N) is 1. The minimum atomic E-state index is -0.686. The lowest BCUT2D eigenvalue weighted by molar-refractivity contribution is -0.124. The van der Waals surface area contributed by atoms with Crippen molar-refractivity contribution in [1.82, 2.24) is 4.90 Å². The molecule has 1 unspecified atom stereocenters. The number of carbonyl (C=O) groups excluding carboxylic acids is 2. The molecular formula is C25H22ClN3O2S. The van der Waals surface area contributed by atoms with Gasteiger partial charge in [0.2, 0.25) is 5.91 Å². The minimum absolute atomic E-state index is 0.000275. The van der Waals surface area contributed by atoms with Crippen molar-refractivity contribution in [2.45, 2.75) is 18.9 Å². The van der Waals surface area contributed by atoms with Crippen LogP contribution >= 0.6 is 23.8 Å². The first-order valence-electron chi connectivity index (χ1n) is 10.3. The van der Waals surface area contributed by atoms with Crippen molar-refractivity contribution in [1.29, 1.82) is 0 Å². The molecule has 0 saturated carbocycles. The number of carbonyl (C=O) groups is 2. The molecule has 32 heavy (non-hydrogen) atoms. The fraction of sp³-hybridized carbons (Fsp3) is 0.160. The van der Waals surface area contributed by atoms with Crippen molar-refractivity contribution < 1.29 is 9.59 Å². The topological polar surface area (TPSA) is 52.7 Å². The largest absolute Gasteiger partial charge is 0.336 e. The minimum Gasteiger partial charge on any atom is -0.336 e. The van der Waals surface area contributed by atoms with Crippen LogP contribution < -0.4 is 10.2 Å². The Hall–Kier alpha value is -3.22. The average Bonchev–Trinajstić information content (AvgIpc) is 3.02. The van der Waals surface area contributed by atoms with Crippen LogP contribution in [0.15, 0.2) is 84.9 Å². The number of hydrogen-bond donors (Lipinski definition) is 1. The van der Waals surface area contributed by atoms with Crippen LogP contribution in [0.2, 0.25) is 5.02 Å². The summed E-state index contributed by atoms with van der Waals surface area (Å²) in [5.74, 6) is -0.469. The molecular weight excluding hydrogens is 442 g/mol. The van der Waals surface area contributed by atoms with E-state index in [2.05, 4.69) is 5.32 Å². The van der Waals surface area contributed by atoms with Crippen LogP contribution in [0.3, 0.4) is 0 Å². The monoisotopic (exact) mass is 463 g/mol. The number of anilines is 2. The SMILES string of the molecule is O=C(CC1C(=O)N(c2cccc(Cl)c2)C(=S)N1CCc1ccccc1)Nc1ccccc1. The summed E-state index contributed by atoms with van der Waals surface area (Å²) < 4.78 is 0. The molecule has 4 rings (SSSR count). The molecule has 1 aliphatic heterocycles. The Balaban J connectivity index is 1.56. The molecule has 0 aliphatic carbocycles. The van der Waals surface area contributed by atoms with Crippen molar-refractivity contribution in [3.05, 3.63) is 95.5 Å². The highest BCUT2D eigenvalue weighted by molar-refractivity contribution is 7.80. The third-order valence-corrected chi connectivity index (χ3v) is 5.96. The Morgan fingerprint density at radius 2 is 1.66 bits per heavy atom. The van der Waals surface area contributed by atoms with Crippen molar-refractivity contribution in [3.63, 3.8) is 0 Å². The second-order valence-electron chi connectivity index (χ2n) is 7.50. The number of nitrogens with zero attached hydrogens (tertiary/aromatic N) is 2. The van der Waals surface area contributed by atoms with Gasteiger partial charge < -0.3 is 10.2 Å². The molecule has 1 fully saturated rings. The van der Waals surface area contributed by atoms with E-state index in [4.69, 9.17) is 23.8 Å². The van der Waals surface area contributed by atoms with E-state index in [1.807, 2.05) is 65.6 Å². The molecule has 162 valence electrons. The van der Waals surface area contributed by atoms with Gasteiger partial charge in [0.05, 0.1) is 12.1 Å². The van der Waals surface area contributed by atoms with E-state index in [1.165, 1.54) is 4.90 Å². The zero-order chi connectivity index (χ0) is 22.5. The van der Waals surface area contributed by atoms with Gasteiger partial charge in [-0.1, -0.05) is 66.2 Å². The normalized spacial score (nSPS) is 15.8. The number of para-hydroxylation sites is 1. The number of amides is 2. The molecule has 1 aliphatic rings. The van der Waals surface area contributed by atoms with E-state index in [0.29, 0.717) is 34.5 Å². The summed E-state index contributed by atoms with van der Waals surface area (Å²) >= 11 is 11.8. The number of halogens is 1. The second kappa shape index (κ2) is 9.94. The van der Waals surface area contributed by atoms with E-state index >= 15 is 0 Å². The maximum Gasteiger partial charge on any atom is 0.256 e. The van der Waals surface area contributed by atoms with E-state index in [1.54, 1.807) is 24.3 Å². The van der Waals surface area contributed by atoms with E-state index in [9.17, 15) is 9.59 Å². The van der Waals surface area contributed by atoms with Gasteiger partial charge in [0.15, 0.2) is 5.11 Å². The Labute approximate surface area is 197 Å². The zero-order valence-electron chi connectivity index (χ0n) is 17.3. The van der Waals surface area contributed by atoms with Crippen LogP contribution in [0.5, 0.6) is 0 Å². The summed E-state index contributed by atoms with van der Waals surface area (Å²) in [6, 6.07) is 25.5. The molecule has 0 bridgehead atoms. The van der Waals surface area contributed by atoms with E-state index in [-0.39, 0.29) is 18.2 Å². The Morgan fingerprint density at radius 3 is 2.34 bits per heavy atom. The maximum absolute atomic E-state index is 13.4. The van der Waals surface area contributed by atoms with Crippen LogP contribution in [0.1, 0.15) is 12.0 Å². The second-order valence-corrected chi connectivity index (χ2v) is 8.30. The highest BCUT2D eigenvalue weighted by Crippen LogP contribution is 2.29. The predicted molar refractivity (Wildman–Crippen MR) is 132 cm³/mol. The van der Waals surface area contributed by atoms with Crippen LogP contribution in [0, 0.1) is 0 Å². The predicted octanol–water partition coefficient (Wildman–Crippen LogP) is 4.91. The van der Waals surface area contributed by atoms with Crippen LogP contribution in [0.25, 0.3) is 0 Å². The van der Waals surface area contributed by atoms with Crippen molar-refractivity contribution in [2.75, 3.05) is 16.8 Å². The van der Waals surface area contributed by atoms with Gasteiger partial charge in [-0.05, 0) is 54.5 Å². The first-order valence-corrected chi connectivity index (χ1v) is 11.1. The Bertz CT molecular complexity index is 1120. The summed E-state index contributed by atoms with van der Waals surface area (Å²) in [6.07, 6.45) is 0.703. The lowest BCUT2D eigenvalue weighted by atomic mass is 10.1. The highest BCUT2D eigenvalue weighted by Gasteiger charge is 2.43. The molecule has 1 N–H and O–H groups in total. The van der Waals surface area contributed by atoms with Crippen molar-refractivity contribution in [3.8, 4) is 0 Å². The number of benzene rings is 3. The summed E-state index contributed by atoms with van der Waals surface area (Å²) in [5, 5.41) is 3.75. The first kappa shape index (κ1) is 22.0. The van der Waals surface area contributed by atoms with Gasteiger partial charge in [0.1, 0.15) is 6.04 Å². The number of thiocarbonyl (C=S) groups is 1. The third kappa shape index (κ3) is 4.98. The summed E-state index contributed by atoms with van der Waals surface area (Å²) in [5.41, 5.74) is 2.42. The first-order chi connectivity index (χ1) is 15.5. The molecule has 3 aromatic carbocycles. The fourth-order valence-electron chi connectivity index (χ4n) is 3.74. The summed E-state index contributed by atoms with van der Waals surface area (Å²) in [6.45, 7) is 0.523. The Morgan fingerprint density at radius 1 is 0.969 bits per heavy atom. The third-order valence-electron chi connectivity index (χ3n) is 5.31.